The van der Waals surface area contributed by atoms with Crippen LogP contribution in [0.4, 0.5) is 5.69 Å². The second kappa shape index (κ2) is 4.92. The van der Waals surface area contributed by atoms with Gasteiger partial charge in [-0.3, -0.25) is 4.79 Å². The molecule has 0 radical (unpaired) electrons. The van der Waals surface area contributed by atoms with Crippen molar-refractivity contribution in [3.8, 4) is 0 Å². The maximum Gasteiger partial charge on any atom is 0.303 e. The van der Waals surface area contributed by atoms with Crippen LogP contribution in [0.3, 0.4) is 0 Å². The van der Waals surface area contributed by atoms with Crippen LogP contribution >= 0.6 is 15.9 Å². The first-order chi connectivity index (χ1) is 8.39. The lowest BCUT2D eigenvalue weighted by molar-refractivity contribution is -0.139. The maximum atomic E-state index is 10.9. The zero-order chi connectivity index (χ0) is 13.3. The zero-order valence-electron chi connectivity index (χ0n) is 10.7. The Hall–Kier alpha value is -1.03. The van der Waals surface area contributed by atoms with E-state index in [1.165, 1.54) is 11.3 Å². The van der Waals surface area contributed by atoms with Gasteiger partial charge in [-0.2, -0.15) is 0 Å². The third-order valence-corrected chi connectivity index (χ3v) is 4.53. The quantitative estimate of drug-likeness (QED) is 0.929. The summed E-state index contributed by atoms with van der Waals surface area (Å²) in [7, 11) is 0. The third kappa shape index (κ3) is 2.86. The van der Waals surface area contributed by atoms with Gasteiger partial charge in [-0.05, 0) is 42.5 Å². The lowest BCUT2D eigenvalue weighted by Gasteiger charge is -2.24. The van der Waals surface area contributed by atoms with Gasteiger partial charge >= 0.3 is 5.97 Å². The van der Waals surface area contributed by atoms with Gasteiger partial charge in [-0.1, -0.05) is 22.9 Å². The van der Waals surface area contributed by atoms with Crippen LogP contribution in [0.2, 0.25) is 0 Å². The Morgan fingerprint density at radius 3 is 2.89 bits per heavy atom. The molecule has 1 aliphatic rings. The Labute approximate surface area is 116 Å². The molecule has 0 spiro atoms. The molecule has 0 aromatic heterocycles. The molecule has 1 aromatic rings. The number of aryl methyl sites for hydroxylation is 1. The SMILES string of the molecule is Cc1cc(N2CCC(C)(CC(=O)O)C2)ccc1Br. The fourth-order valence-electron chi connectivity index (χ4n) is 2.58. The molecule has 2 rings (SSSR count). The van der Waals surface area contributed by atoms with Crippen LogP contribution in [0, 0.1) is 12.3 Å². The Morgan fingerprint density at radius 2 is 2.28 bits per heavy atom. The van der Waals surface area contributed by atoms with Crippen LogP contribution in [0.25, 0.3) is 0 Å². The number of nitrogens with zero attached hydrogens (tertiary/aromatic N) is 1. The number of hydrogen-bond acceptors (Lipinski definition) is 2. The van der Waals surface area contributed by atoms with Crippen molar-refractivity contribution in [2.45, 2.75) is 26.7 Å². The molecule has 1 unspecified atom stereocenters. The van der Waals surface area contributed by atoms with Crippen LogP contribution in [-0.2, 0) is 4.79 Å². The highest BCUT2D eigenvalue weighted by atomic mass is 79.9. The van der Waals surface area contributed by atoms with Crippen molar-refractivity contribution in [1.82, 2.24) is 0 Å². The summed E-state index contributed by atoms with van der Waals surface area (Å²) < 4.78 is 1.11. The molecular weight excluding hydrogens is 294 g/mol. The normalized spacial score (nSPS) is 23.4. The summed E-state index contributed by atoms with van der Waals surface area (Å²) in [6.45, 7) is 5.89. The van der Waals surface area contributed by atoms with Crippen LogP contribution in [0.1, 0.15) is 25.3 Å². The lowest BCUT2D eigenvalue weighted by atomic mass is 9.86. The molecule has 4 heteroatoms. The summed E-state index contributed by atoms with van der Waals surface area (Å²) in [6, 6.07) is 6.29. The Morgan fingerprint density at radius 1 is 1.56 bits per heavy atom. The Balaban J connectivity index is 2.12. The van der Waals surface area contributed by atoms with E-state index in [0.717, 1.165) is 24.0 Å². The Kier molecular flexibility index (Phi) is 3.66. The third-order valence-electron chi connectivity index (χ3n) is 3.64. The van der Waals surface area contributed by atoms with Gasteiger partial charge in [-0.25, -0.2) is 0 Å². The second-order valence-electron chi connectivity index (χ2n) is 5.49. The largest absolute Gasteiger partial charge is 0.481 e. The molecule has 98 valence electrons. The second-order valence-corrected chi connectivity index (χ2v) is 6.34. The number of carboxylic acids is 1. The minimum atomic E-state index is -0.702. The predicted molar refractivity (Wildman–Crippen MR) is 76.1 cm³/mol. The van der Waals surface area contributed by atoms with Crippen LogP contribution in [0.15, 0.2) is 22.7 Å². The molecule has 1 atom stereocenters. The average molecular weight is 312 g/mol. The number of hydrogen-bond donors (Lipinski definition) is 1. The molecule has 0 aliphatic carbocycles. The van der Waals surface area contributed by atoms with Gasteiger partial charge in [0.1, 0.15) is 0 Å². The molecule has 0 amide bonds. The monoisotopic (exact) mass is 311 g/mol. The van der Waals surface area contributed by atoms with Gasteiger partial charge in [0.05, 0.1) is 6.42 Å². The lowest BCUT2D eigenvalue weighted by Crippen LogP contribution is -2.26. The zero-order valence-corrected chi connectivity index (χ0v) is 12.3. The smallest absolute Gasteiger partial charge is 0.303 e. The molecule has 1 saturated heterocycles. The first kappa shape index (κ1) is 13.4. The fraction of sp³-hybridized carbons (Fsp3) is 0.500. The molecule has 18 heavy (non-hydrogen) atoms. The number of carboxylic acid groups (broad SMARTS) is 1. The van der Waals surface area contributed by atoms with Crippen molar-refractivity contribution in [2.24, 2.45) is 5.41 Å². The molecule has 0 saturated carbocycles. The minimum Gasteiger partial charge on any atom is -0.481 e. The molecule has 3 nitrogen and oxygen atoms in total. The van der Waals surface area contributed by atoms with Gasteiger partial charge in [0, 0.05) is 23.2 Å². The summed E-state index contributed by atoms with van der Waals surface area (Å²) >= 11 is 3.50. The van der Waals surface area contributed by atoms with E-state index < -0.39 is 5.97 Å². The molecule has 0 bridgehead atoms. The molecule has 1 N–H and O–H groups in total. The first-order valence-electron chi connectivity index (χ1n) is 6.13. The van der Waals surface area contributed by atoms with E-state index in [-0.39, 0.29) is 11.8 Å². The van der Waals surface area contributed by atoms with E-state index in [1.807, 2.05) is 0 Å². The van der Waals surface area contributed by atoms with Gasteiger partial charge in [-0.15, -0.1) is 0 Å². The van der Waals surface area contributed by atoms with Gasteiger partial charge in [0.25, 0.3) is 0 Å². The number of benzene rings is 1. The molecular formula is C14H18BrNO2. The van der Waals surface area contributed by atoms with Crippen molar-refractivity contribution < 1.29 is 9.90 Å². The van der Waals surface area contributed by atoms with E-state index in [9.17, 15) is 4.79 Å². The summed E-state index contributed by atoms with van der Waals surface area (Å²) in [6.07, 6.45) is 1.19. The first-order valence-corrected chi connectivity index (χ1v) is 6.92. The maximum absolute atomic E-state index is 10.9. The standard InChI is InChI=1S/C14H18BrNO2/c1-10-7-11(3-4-12(10)15)16-6-5-14(2,9-16)8-13(17)18/h3-4,7H,5-6,8-9H2,1-2H3,(H,17,18). The van der Waals surface area contributed by atoms with E-state index in [1.54, 1.807) is 0 Å². The predicted octanol–water partition coefficient (Wildman–Crippen LogP) is 3.45. The van der Waals surface area contributed by atoms with Crippen molar-refractivity contribution in [1.29, 1.82) is 0 Å². The topological polar surface area (TPSA) is 40.5 Å². The van der Waals surface area contributed by atoms with E-state index in [2.05, 4.69) is 52.9 Å². The van der Waals surface area contributed by atoms with E-state index >= 15 is 0 Å². The van der Waals surface area contributed by atoms with E-state index in [0.29, 0.717) is 0 Å². The van der Waals surface area contributed by atoms with Crippen molar-refractivity contribution in [3.05, 3.63) is 28.2 Å². The highest BCUT2D eigenvalue weighted by Gasteiger charge is 2.35. The summed E-state index contributed by atoms with van der Waals surface area (Å²) in [5, 5.41) is 8.95. The Bertz CT molecular complexity index is 475. The van der Waals surface area contributed by atoms with Crippen molar-refractivity contribution >= 4 is 27.6 Å². The number of rotatable bonds is 3. The number of carbonyl (C=O) groups is 1. The molecule has 1 aliphatic heterocycles. The molecule has 1 aromatic carbocycles. The number of aliphatic carboxylic acids is 1. The summed E-state index contributed by atoms with van der Waals surface area (Å²) in [5.74, 6) is -0.702. The average Bonchev–Trinajstić information content (AvgIpc) is 2.63. The van der Waals surface area contributed by atoms with Crippen LogP contribution in [-0.4, -0.2) is 24.2 Å². The van der Waals surface area contributed by atoms with Crippen molar-refractivity contribution in [2.75, 3.05) is 18.0 Å². The highest BCUT2D eigenvalue weighted by Crippen LogP contribution is 2.36. The van der Waals surface area contributed by atoms with Crippen LogP contribution < -0.4 is 4.90 Å². The van der Waals surface area contributed by atoms with E-state index in [4.69, 9.17) is 5.11 Å². The minimum absolute atomic E-state index is 0.104. The summed E-state index contributed by atoms with van der Waals surface area (Å²) in [4.78, 5) is 13.2. The molecule has 1 heterocycles. The number of halogens is 1. The van der Waals surface area contributed by atoms with Gasteiger partial charge in [0.2, 0.25) is 0 Å². The van der Waals surface area contributed by atoms with Crippen molar-refractivity contribution in [3.63, 3.8) is 0 Å². The van der Waals surface area contributed by atoms with Gasteiger partial charge in [0.15, 0.2) is 0 Å². The van der Waals surface area contributed by atoms with Gasteiger partial charge < -0.3 is 10.0 Å². The van der Waals surface area contributed by atoms with Crippen LogP contribution in [0.5, 0.6) is 0 Å². The summed E-state index contributed by atoms with van der Waals surface area (Å²) in [5.41, 5.74) is 2.29. The molecule has 1 fully saturated rings. The fourth-order valence-corrected chi connectivity index (χ4v) is 2.83. The number of anilines is 1. The highest BCUT2D eigenvalue weighted by molar-refractivity contribution is 9.10.